The maximum absolute atomic E-state index is 12.6. The number of aromatic nitrogens is 2. The minimum absolute atomic E-state index is 0.249. The Labute approximate surface area is 189 Å². The highest BCUT2D eigenvalue weighted by atomic mass is 16.2. The molecule has 6 nitrogen and oxygen atoms in total. The Morgan fingerprint density at radius 3 is 2.66 bits per heavy atom. The number of carbonyl (C=O) groups is 2. The molecule has 1 aliphatic heterocycles. The number of primary amides is 1. The number of unbranched alkanes of at least 4 members (excludes halogenated alkanes) is 1. The fourth-order valence-corrected chi connectivity index (χ4v) is 4.85. The zero-order chi connectivity index (χ0) is 22.7. The lowest BCUT2D eigenvalue weighted by Crippen LogP contribution is -2.26. The second-order valence-electron chi connectivity index (χ2n) is 8.63. The van der Waals surface area contributed by atoms with Crippen LogP contribution in [0.3, 0.4) is 0 Å². The van der Waals surface area contributed by atoms with Gasteiger partial charge in [-0.15, -0.1) is 0 Å². The number of benzene rings is 1. The Hall–Kier alpha value is -3.15. The lowest BCUT2D eigenvalue weighted by atomic mass is 10.0. The van der Waals surface area contributed by atoms with Crippen molar-refractivity contribution >= 4 is 22.7 Å². The van der Waals surface area contributed by atoms with Crippen molar-refractivity contribution in [3.63, 3.8) is 0 Å². The van der Waals surface area contributed by atoms with Gasteiger partial charge in [0, 0.05) is 48.4 Å². The van der Waals surface area contributed by atoms with Crippen molar-refractivity contribution in [2.24, 2.45) is 5.73 Å². The maximum atomic E-state index is 12.6. The first-order valence-corrected chi connectivity index (χ1v) is 11.7. The number of hydrogen-bond donors (Lipinski definition) is 1. The minimum Gasteiger partial charge on any atom is -0.366 e. The summed E-state index contributed by atoms with van der Waals surface area (Å²) >= 11 is 0. The third-order valence-corrected chi connectivity index (χ3v) is 6.48. The molecule has 3 aromatic rings. The van der Waals surface area contributed by atoms with Crippen LogP contribution in [-0.4, -0.2) is 39.4 Å². The van der Waals surface area contributed by atoms with Crippen LogP contribution < -0.4 is 5.73 Å². The molecule has 0 bridgehead atoms. The summed E-state index contributed by atoms with van der Waals surface area (Å²) in [7, 11) is 0. The van der Waals surface area contributed by atoms with Crippen LogP contribution in [0.2, 0.25) is 0 Å². The Bertz CT molecular complexity index is 1150. The molecule has 0 saturated carbocycles. The maximum Gasteiger partial charge on any atom is 0.251 e. The molecule has 6 heteroatoms. The summed E-state index contributed by atoms with van der Waals surface area (Å²) < 4.78 is 2.24. The highest BCUT2D eigenvalue weighted by Crippen LogP contribution is 2.34. The van der Waals surface area contributed by atoms with Gasteiger partial charge in [0.05, 0.1) is 16.8 Å². The molecule has 2 aromatic heterocycles. The molecule has 0 radical (unpaired) electrons. The molecule has 1 fully saturated rings. The summed E-state index contributed by atoms with van der Waals surface area (Å²) in [6.45, 7) is 6.50. The van der Waals surface area contributed by atoms with E-state index in [2.05, 4.69) is 17.6 Å². The average molecular weight is 433 g/mol. The van der Waals surface area contributed by atoms with E-state index in [1.165, 1.54) is 0 Å². The number of carbonyl (C=O) groups excluding carboxylic acids is 2. The number of nitrogens with two attached hydrogens (primary N) is 1. The largest absolute Gasteiger partial charge is 0.366 e. The van der Waals surface area contributed by atoms with Gasteiger partial charge in [0.15, 0.2) is 0 Å². The molecule has 0 unspecified atom stereocenters. The molecule has 0 aliphatic carbocycles. The van der Waals surface area contributed by atoms with Crippen LogP contribution in [0.25, 0.3) is 22.2 Å². The van der Waals surface area contributed by atoms with Crippen molar-refractivity contribution in [3.8, 4) is 11.3 Å². The molecular formula is C26H32N4O2. The van der Waals surface area contributed by atoms with E-state index in [0.29, 0.717) is 12.0 Å². The number of amides is 2. The molecule has 1 saturated heterocycles. The van der Waals surface area contributed by atoms with E-state index < -0.39 is 5.91 Å². The molecule has 0 atom stereocenters. The first-order valence-electron chi connectivity index (χ1n) is 11.7. The van der Waals surface area contributed by atoms with Crippen LogP contribution in [0, 0.1) is 6.92 Å². The first kappa shape index (κ1) is 22.1. The lowest BCUT2D eigenvalue weighted by molar-refractivity contribution is -0.127. The summed E-state index contributed by atoms with van der Waals surface area (Å²) in [5.41, 5.74) is 11.0. The number of pyridine rings is 1. The van der Waals surface area contributed by atoms with E-state index in [1.54, 1.807) is 0 Å². The Balaban J connectivity index is 1.75. The predicted octanol–water partition coefficient (Wildman–Crippen LogP) is 4.47. The van der Waals surface area contributed by atoms with Crippen LogP contribution in [0.4, 0.5) is 0 Å². The van der Waals surface area contributed by atoms with Gasteiger partial charge in [-0.2, -0.15) is 0 Å². The molecule has 2 amide bonds. The third kappa shape index (κ3) is 4.27. The van der Waals surface area contributed by atoms with E-state index in [0.717, 1.165) is 85.3 Å². The molecule has 3 heterocycles. The highest BCUT2D eigenvalue weighted by molar-refractivity contribution is 6.02. The molecule has 4 rings (SSSR count). The minimum atomic E-state index is -0.418. The van der Waals surface area contributed by atoms with Gasteiger partial charge < -0.3 is 15.2 Å². The van der Waals surface area contributed by atoms with E-state index in [-0.39, 0.29) is 5.91 Å². The Morgan fingerprint density at radius 2 is 1.94 bits per heavy atom. The fraction of sp³-hybridized carbons (Fsp3) is 0.423. The van der Waals surface area contributed by atoms with Gasteiger partial charge in [0.1, 0.15) is 0 Å². The molecule has 0 spiro atoms. The first-order chi connectivity index (χ1) is 15.5. The summed E-state index contributed by atoms with van der Waals surface area (Å²) in [6.07, 6.45) is 5.40. The van der Waals surface area contributed by atoms with Crippen LogP contribution in [0.15, 0.2) is 36.4 Å². The highest BCUT2D eigenvalue weighted by Gasteiger charge is 2.26. The Kier molecular flexibility index (Phi) is 6.58. The van der Waals surface area contributed by atoms with Crippen molar-refractivity contribution in [3.05, 3.63) is 53.3 Å². The van der Waals surface area contributed by atoms with Gasteiger partial charge in [-0.3, -0.25) is 9.59 Å². The fourth-order valence-electron chi connectivity index (χ4n) is 4.85. The number of para-hydroxylation sites is 1. The average Bonchev–Trinajstić information content (AvgIpc) is 3.32. The monoisotopic (exact) mass is 432 g/mol. The van der Waals surface area contributed by atoms with Gasteiger partial charge in [-0.1, -0.05) is 37.6 Å². The van der Waals surface area contributed by atoms with Crippen molar-refractivity contribution in [1.29, 1.82) is 0 Å². The molecule has 1 aliphatic rings. The lowest BCUT2D eigenvalue weighted by Gasteiger charge is -2.17. The Morgan fingerprint density at radius 1 is 1.12 bits per heavy atom. The van der Waals surface area contributed by atoms with Crippen molar-refractivity contribution in [2.75, 3.05) is 13.1 Å². The zero-order valence-corrected chi connectivity index (χ0v) is 19.1. The molecule has 168 valence electrons. The van der Waals surface area contributed by atoms with Crippen LogP contribution in [0.1, 0.15) is 60.8 Å². The van der Waals surface area contributed by atoms with Crippen LogP contribution in [-0.2, 0) is 17.8 Å². The van der Waals surface area contributed by atoms with Gasteiger partial charge in [-0.25, -0.2) is 4.98 Å². The van der Waals surface area contributed by atoms with Crippen LogP contribution in [0.5, 0.6) is 0 Å². The topological polar surface area (TPSA) is 81.2 Å². The van der Waals surface area contributed by atoms with Crippen molar-refractivity contribution in [1.82, 2.24) is 14.5 Å². The second kappa shape index (κ2) is 9.55. The molecule has 32 heavy (non-hydrogen) atoms. The molecule has 2 N–H and O–H groups in total. The van der Waals surface area contributed by atoms with E-state index in [1.807, 2.05) is 42.2 Å². The number of nitrogens with zero attached hydrogens (tertiary/aromatic N) is 3. The number of rotatable bonds is 9. The third-order valence-electron chi connectivity index (χ3n) is 6.48. The number of fused-ring (bicyclic) bond motifs is 1. The summed E-state index contributed by atoms with van der Waals surface area (Å²) in [5.74, 6) is -0.169. The zero-order valence-electron chi connectivity index (χ0n) is 19.1. The van der Waals surface area contributed by atoms with Gasteiger partial charge in [-0.05, 0) is 44.7 Å². The normalized spacial score (nSPS) is 13.9. The summed E-state index contributed by atoms with van der Waals surface area (Å²) in [6, 6.07) is 12.0. The summed E-state index contributed by atoms with van der Waals surface area (Å²) in [5, 5.41) is 1.07. The van der Waals surface area contributed by atoms with Gasteiger partial charge in [0.25, 0.3) is 5.91 Å². The van der Waals surface area contributed by atoms with E-state index in [9.17, 15) is 9.59 Å². The predicted molar refractivity (Wildman–Crippen MR) is 127 cm³/mol. The van der Waals surface area contributed by atoms with Gasteiger partial charge >= 0.3 is 0 Å². The molecular weight excluding hydrogens is 400 g/mol. The van der Waals surface area contributed by atoms with E-state index in [4.69, 9.17) is 10.7 Å². The summed E-state index contributed by atoms with van der Waals surface area (Å²) in [4.78, 5) is 31.4. The quantitative estimate of drug-likeness (QED) is 0.542. The van der Waals surface area contributed by atoms with E-state index >= 15 is 0 Å². The van der Waals surface area contributed by atoms with Crippen molar-refractivity contribution < 1.29 is 9.59 Å². The number of likely N-dealkylation sites (tertiary alicyclic amines) is 1. The van der Waals surface area contributed by atoms with Gasteiger partial charge in [0.2, 0.25) is 5.91 Å². The van der Waals surface area contributed by atoms with Crippen LogP contribution >= 0.6 is 0 Å². The SMILES string of the molecule is CCCCc1c(-c2ccc3ccccc3n2)c(C(N)=O)c(C)n1CCCN1CCCC1=O. The second-order valence-corrected chi connectivity index (χ2v) is 8.63. The van der Waals surface area contributed by atoms with Crippen molar-refractivity contribution in [2.45, 2.75) is 58.9 Å². The number of hydrogen-bond acceptors (Lipinski definition) is 3. The smallest absolute Gasteiger partial charge is 0.251 e. The molecule has 1 aromatic carbocycles. The standard InChI is InChI=1S/C26H32N4O2/c1-3-4-11-22-25(21-14-13-19-9-5-6-10-20(19)28-21)24(26(27)32)18(2)30(22)17-8-16-29-15-7-12-23(29)31/h5-6,9-10,13-14H,3-4,7-8,11-12,15-17H2,1-2H3,(H2,27,32).